The number of benzene rings is 1. The SMILES string of the molecule is NOC(=O)C[C@H](CC(=O)O)c1ccc(Cl)cc1. The van der Waals surface area contributed by atoms with E-state index in [2.05, 4.69) is 4.84 Å². The number of carbonyl (C=O) groups is 2. The Morgan fingerprint density at radius 3 is 2.35 bits per heavy atom. The molecule has 0 fully saturated rings. The molecule has 5 nitrogen and oxygen atoms in total. The van der Waals surface area contributed by atoms with Crippen molar-refractivity contribution in [3.8, 4) is 0 Å². The maximum Gasteiger partial charge on any atom is 0.325 e. The lowest BCUT2D eigenvalue weighted by molar-refractivity contribution is -0.145. The van der Waals surface area contributed by atoms with E-state index < -0.39 is 17.9 Å². The Hall–Kier alpha value is -1.59. The van der Waals surface area contributed by atoms with Gasteiger partial charge in [0.15, 0.2) is 0 Å². The van der Waals surface area contributed by atoms with Gasteiger partial charge in [0.1, 0.15) is 0 Å². The van der Waals surface area contributed by atoms with Gasteiger partial charge in [-0.15, -0.1) is 0 Å². The first-order chi connectivity index (χ1) is 8.02. The van der Waals surface area contributed by atoms with Crippen LogP contribution in [0.15, 0.2) is 24.3 Å². The van der Waals surface area contributed by atoms with Crippen molar-refractivity contribution in [2.75, 3.05) is 0 Å². The fourth-order valence-corrected chi connectivity index (χ4v) is 1.63. The van der Waals surface area contributed by atoms with E-state index in [1.54, 1.807) is 24.3 Å². The molecule has 0 aliphatic heterocycles. The zero-order valence-electron chi connectivity index (χ0n) is 8.93. The van der Waals surface area contributed by atoms with Crippen molar-refractivity contribution in [2.24, 2.45) is 5.90 Å². The van der Waals surface area contributed by atoms with Crippen LogP contribution in [0.1, 0.15) is 24.3 Å². The first kappa shape index (κ1) is 13.5. The molecule has 1 aromatic rings. The third-order valence-corrected chi connectivity index (χ3v) is 2.56. The molecular formula is C11H12ClNO4. The number of nitrogens with two attached hydrogens (primary N) is 1. The molecule has 0 unspecified atom stereocenters. The van der Waals surface area contributed by atoms with Crippen molar-refractivity contribution in [3.05, 3.63) is 34.9 Å². The second-order valence-electron chi connectivity index (χ2n) is 3.54. The Kier molecular flexibility index (Phi) is 4.93. The fraction of sp³-hybridized carbons (Fsp3) is 0.273. The second-order valence-corrected chi connectivity index (χ2v) is 3.98. The van der Waals surface area contributed by atoms with Gasteiger partial charge in [-0.1, -0.05) is 23.7 Å². The van der Waals surface area contributed by atoms with Crippen LogP contribution in [-0.4, -0.2) is 17.0 Å². The Labute approximate surface area is 103 Å². The number of halogens is 1. The Balaban J connectivity index is 2.85. The molecule has 0 saturated carbocycles. The van der Waals surface area contributed by atoms with Crippen LogP contribution in [0.2, 0.25) is 5.02 Å². The van der Waals surface area contributed by atoms with Crippen LogP contribution >= 0.6 is 11.6 Å². The maximum atomic E-state index is 11.1. The first-order valence-electron chi connectivity index (χ1n) is 4.89. The molecule has 0 saturated heterocycles. The van der Waals surface area contributed by atoms with E-state index in [0.29, 0.717) is 10.6 Å². The predicted molar refractivity (Wildman–Crippen MR) is 61.3 cm³/mol. The lowest BCUT2D eigenvalue weighted by atomic mass is 9.93. The summed E-state index contributed by atoms with van der Waals surface area (Å²) in [6.45, 7) is 0. The zero-order chi connectivity index (χ0) is 12.8. The van der Waals surface area contributed by atoms with Crippen LogP contribution < -0.4 is 5.90 Å². The molecule has 1 rings (SSSR count). The van der Waals surface area contributed by atoms with Gasteiger partial charge in [-0.05, 0) is 17.7 Å². The summed E-state index contributed by atoms with van der Waals surface area (Å²) in [5.41, 5.74) is 0.710. The molecule has 1 aromatic carbocycles. The van der Waals surface area contributed by atoms with Crippen LogP contribution in [0, 0.1) is 0 Å². The molecule has 0 heterocycles. The summed E-state index contributed by atoms with van der Waals surface area (Å²) in [5, 5.41) is 9.32. The number of rotatable bonds is 5. The molecule has 0 spiro atoms. The lowest BCUT2D eigenvalue weighted by Gasteiger charge is -2.13. The van der Waals surface area contributed by atoms with Crippen molar-refractivity contribution in [1.29, 1.82) is 0 Å². The van der Waals surface area contributed by atoms with E-state index in [1.165, 1.54) is 0 Å². The standard InChI is InChI=1S/C11H12ClNO4/c12-9-3-1-7(2-4-9)8(5-10(14)15)6-11(16)17-13/h1-4,8H,5-6,13H2,(H,14,15)/t8-/m0/s1. The van der Waals surface area contributed by atoms with E-state index in [1.807, 2.05) is 0 Å². The normalized spacial score (nSPS) is 11.9. The van der Waals surface area contributed by atoms with Gasteiger partial charge in [0.2, 0.25) is 0 Å². The second kappa shape index (κ2) is 6.22. The van der Waals surface area contributed by atoms with Gasteiger partial charge in [-0.2, -0.15) is 5.90 Å². The third kappa shape index (κ3) is 4.42. The van der Waals surface area contributed by atoms with Gasteiger partial charge in [0.25, 0.3) is 0 Å². The number of carboxylic acid groups (broad SMARTS) is 1. The van der Waals surface area contributed by atoms with Gasteiger partial charge in [-0.3, -0.25) is 9.59 Å². The van der Waals surface area contributed by atoms with Crippen molar-refractivity contribution in [2.45, 2.75) is 18.8 Å². The van der Waals surface area contributed by atoms with E-state index in [4.69, 9.17) is 22.6 Å². The number of hydrogen-bond acceptors (Lipinski definition) is 4. The molecule has 1 atom stereocenters. The predicted octanol–water partition coefficient (Wildman–Crippen LogP) is 1.71. The molecule has 17 heavy (non-hydrogen) atoms. The van der Waals surface area contributed by atoms with Crippen LogP contribution in [0.5, 0.6) is 0 Å². The van der Waals surface area contributed by atoms with Crippen molar-refractivity contribution in [1.82, 2.24) is 0 Å². The van der Waals surface area contributed by atoms with E-state index in [0.717, 1.165) is 0 Å². The molecule has 6 heteroatoms. The van der Waals surface area contributed by atoms with E-state index in [9.17, 15) is 9.59 Å². The monoisotopic (exact) mass is 257 g/mol. The van der Waals surface area contributed by atoms with Gasteiger partial charge in [0, 0.05) is 10.9 Å². The molecule has 0 aromatic heterocycles. The van der Waals surface area contributed by atoms with Crippen LogP contribution in [-0.2, 0) is 14.4 Å². The van der Waals surface area contributed by atoms with E-state index >= 15 is 0 Å². The molecular weight excluding hydrogens is 246 g/mol. The Morgan fingerprint density at radius 2 is 1.88 bits per heavy atom. The number of carboxylic acids is 1. The Bertz CT molecular complexity index is 404. The number of carbonyl (C=O) groups excluding carboxylic acids is 1. The van der Waals surface area contributed by atoms with Gasteiger partial charge in [0.05, 0.1) is 12.8 Å². The highest BCUT2D eigenvalue weighted by Crippen LogP contribution is 2.25. The van der Waals surface area contributed by atoms with E-state index in [-0.39, 0.29) is 12.8 Å². The highest BCUT2D eigenvalue weighted by Gasteiger charge is 2.19. The van der Waals surface area contributed by atoms with Gasteiger partial charge < -0.3 is 9.94 Å². The van der Waals surface area contributed by atoms with Crippen molar-refractivity contribution < 1.29 is 19.5 Å². The summed E-state index contributed by atoms with van der Waals surface area (Å²) in [5.74, 6) is 2.63. The molecule has 0 aliphatic rings. The third-order valence-electron chi connectivity index (χ3n) is 2.31. The quantitative estimate of drug-likeness (QED) is 0.784. The molecule has 0 radical (unpaired) electrons. The average Bonchev–Trinajstić information content (AvgIpc) is 2.28. The van der Waals surface area contributed by atoms with Crippen LogP contribution in [0.4, 0.5) is 0 Å². The highest BCUT2D eigenvalue weighted by molar-refractivity contribution is 6.30. The van der Waals surface area contributed by atoms with Gasteiger partial charge >= 0.3 is 11.9 Å². The lowest BCUT2D eigenvalue weighted by Crippen LogP contribution is -2.16. The molecule has 92 valence electrons. The Morgan fingerprint density at radius 1 is 1.29 bits per heavy atom. The fourth-order valence-electron chi connectivity index (χ4n) is 1.50. The van der Waals surface area contributed by atoms with Gasteiger partial charge in [-0.25, -0.2) is 0 Å². The number of hydrogen-bond donors (Lipinski definition) is 2. The average molecular weight is 258 g/mol. The van der Waals surface area contributed by atoms with Crippen molar-refractivity contribution in [3.63, 3.8) is 0 Å². The minimum absolute atomic E-state index is 0.0789. The molecule has 3 N–H and O–H groups in total. The summed E-state index contributed by atoms with van der Waals surface area (Å²) in [4.78, 5) is 25.8. The van der Waals surface area contributed by atoms with Crippen molar-refractivity contribution >= 4 is 23.5 Å². The number of aliphatic carboxylic acids is 1. The summed E-state index contributed by atoms with van der Waals surface area (Å²) in [7, 11) is 0. The largest absolute Gasteiger partial charge is 0.481 e. The smallest absolute Gasteiger partial charge is 0.325 e. The molecule has 0 amide bonds. The first-order valence-corrected chi connectivity index (χ1v) is 5.27. The minimum Gasteiger partial charge on any atom is -0.481 e. The minimum atomic E-state index is -0.991. The van der Waals surface area contributed by atoms with Crippen LogP contribution in [0.3, 0.4) is 0 Å². The topological polar surface area (TPSA) is 89.6 Å². The zero-order valence-corrected chi connectivity index (χ0v) is 9.68. The van der Waals surface area contributed by atoms with Crippen LogP contribution in [0.25, 0.3) is 0 Å². The summed E-state index contributed by atoms with van der Waals surface area (Å²) in [6, 6.07) is 6.64. The summed E-state index contributed by atoms with van der Waals surface area (Å²) < 4.78 is 0. The summed E-state index contributed by atoms with van der Waals surface area (Å²) >= 11 is 5.73. The summed E-state index contributed by atoms with van der Waals surface area (Å²) in [6.07, 6.45) is -0.249. The molecule has 0 bridgehead atoms. The highest BCUT2D eigenvalue weighted by atomic mass is 35.5. The maximum absolute atomic E-state index is 11.1. The molecule has 0 aliphatic carbocycles.